The predicted molar refractivity (Wildman–Crippen MR) is 145 cm³/mol. The standard InChI is InChI=1S/C25H24ClN7O4S2/c26-14-5-6-33-19(7-14)18(11-30-33)20-12-27-24(38-20)23(34)31-25(9-15-1-2-16(10-25)37-15)21-8-22(29-13-28-21)32-39(35,36)17-3-4-17/h5-8,11-13,15-17H,1-4,9-10H2,(H,31,34)(H,28,29,32)/t15-,16+,25?. The molecule has 1 saturated carbocycles. The number of carbonyl (C=O) groups is 1. The van der Waals surface area contributed by atoms with Gasteiger partial charge in [-0.1, -0.05) is 11.6 Å². The van der Waals surface area contributed by atoms with Crippen LogP contribution in [0, 0.1) is 0 Å². The van der Waals surface area contributed by atoms with Crippen molar-refractivity contribution in [3.63, 3.8) is 0 Å². The molecule has 11 nitrogen and oxygen atoms in total. The third kappa shape index (κ3) is 4.66. The second-order valence-corrected chi connectivity index (χ2v) is 13.7. The first-order valence-electron chi connectivity index (χ1n) is 12.7. The van der Waals surface area contributed by atoms with Gasteiger partial charge in [0.1, 0.15) is 12.1 Å². The van der Waals surface area contributed by atoms with Gasteiger partial charge < -0.3 is 10.1 Å². The summed E-state index contributed by atoms with van der Waals surface area (Å²) in [5.74, 6) is -0.136. The van der Waals surface area contributed by atoms with E-state index in [1.807, 2.05) is 6.07 Å². The van der Waals surface area contributed by atoms with Gasteiger partial charge in [-0.25, -0.2) is 27.9 Å². The number of nitrogens with zero attached hydrogens (tertiary/aromatic N) is 5. The van der Waals surface area contributed by atoms with Crippen LogP contribution in [0.4, 0.5) is 5.82 Å². The Morgan fingerprint density at radius 2 is 1.90 bits per heavy atom. The number of rotatable bonds is 7. The van der Waals surface area contributed by atoms with Crippen molar-refractivity contribution in [2.75, 3.05) is 4.72 Å². The number of halogens is 1. The quantitative estimate of drug-likeness (QED) is 0.334. The van der Waals surface area contributed by atoms with E-state index >= 15 is 0 Å². The highest BCUT2D eigenvalue weighted by molar-refractivity contribution is 7.93. The first-order valence-corrected chi connectivity index (χ1v) is 15.4. The molecule has 2 saturated heterocycles. The van der Waals surface area contributed by atoms with Crippen LogP contribution in [0.5, 0.6) is 0 Å². The Hall–Kier alpha value is -3.13. The maximum Gasteiger partial charge on any atom is 0.281 e. The molecule has 3 atom stereocenters. The van der Waals surface area contributed by atoms with E-state index in [0.29, 0.717) is 41.4 Å². The smallest absolute Gasteiger partial charge is 0.281 e. The number of aromatic nitrogens is 5. The number of hydrogen-bond acceptors (Lipinski definition) is 9. The number of nitrogens with one attached hydrogen (secondary N) is 2. The van der Waals surface area contributed by atoms with Gasteiger partial charge in [0.15, 0.2) is 5.01 Å². The van der Waals surface area contributed by atoms with Gasteiger partial charge in [0.05, 0.1) is 45.3 Å². The number of fused-ring (bicyclic) bond motifs is 3. The molecule has 0 radical (unpaired) electrons. The molecule has 4 aromatic heterocycles. The Labute approximate surface area is 233 Å². The molecule has 2 bridgehead atoms. The van der Waals surface area contributed by atoms with Crippen LogP contribution in [-0.4, -0.2) is 56.3 Å². The van der Waals surface area contributed by atoms with Gasteiger partial charge >= 0.3 is 0 Å². The minimum atomic E-state index is -3.50. The summed E-state index contributed by atoms with van der Waals surface area (Å²) in [7, 11) is -3.50. The fraction of sp³-hybridized carbons (Fsp3) is 0.400. The Morgan fingerprint density at radius 1 is 1.10 bits per heavy atom. The van der Waals surface area contributed by atoms with Gasteiger partial charge in [0.2, 0.25) is 10.0 Å². The number of thiazole rings is 1. The van der Waals surface area contributed by atoms with Gasteiger partial charge in [-0.15, -0.1) is 11.3 Å². The topological polar surface area (TPSA) is 140 Å². The highest BCUT2D eigenvalue weighted by Gasteiger charge is 2.48. The molecule has 0 aromatic carbocycles. The summed E-state index contributed by atoms with van der Waals surface area (Å²) in [6, 6.07) is 5.20. The molecule has 2 aliphatic heterocycles. The fourth-order valence-electron chi connectivity index (χ4n) is 5.52. The first-order chi connectivity index (χ1) is 18.8. The van der Waals surface area contributed by atoms with E-state index in [-0.39, 0.29) is 29.2 Å². The molecule has 39 heavy (non-hydrogen) atoms. The van der Waals surface area contributed by atoms with Crippen molar-refractivity contribution < 1.29 is 17.9 Å². The molecule has 7 rings (SSSR count). The lowest BCUT2D eigenvalue weighted by molar-refractivity contribution is -0.0399. The van der Waals surface area contributed by atoms with E-state index in [9.17, 15) is 13.2 Å². The number of hydrogen-bond donors (Lipinski definition) is 2. The van der Waals surface area contributed by atoms with Crippen molar-refractivity contribution in [1.29, 1.82) is 0 Å². The molecule has 0 spiro atoms. The van der Waals surface area contributed by atoms with Crippen molar-refractivity contribution in [2.45, 2.75) is 61.5 Å². The summed E-state index contributed by atoms with van der Waals surface area (Å²) in [5.41, 5.74) is 1.34. The third-order valence-corrected chi connectivity index (χ3v) is 10.6. The Morgan fingerprint density at radius 3 is 2.67 bits per heavy atom. The molecule has 1 amide bonds. The molecule has 14 heteroatoms. The van der Waals surface area contributed by atoms with Crippen LogP contribution in [0.2, 0.25) is 5.02 Å². The SMILES string of the molecule is O=C(NC1(c2cc(NS(=O)(=O)C3CC3)ncn2)C[C@H]2CC[C@@H](C1)O2)c1ncc(-c2cnn3ccc(Cl)cc23)s1. The maximum atomic E-state index is 13.6. The van der Waals surface area contributed by atoms with Crippen molar-refractivity contribution in [1.82, 2.24) is 29.9 Å². The van der Waals surface area contributed by atoms with Crippen molar-refractivity contribution in [2.24, 2.45) is 0 Å². The zero-order valence-electron chi connectivity index (χ0n) is 20.6. The predicted octanol–water partition coefficient (Wildman–Crippen LogP) is 3.77. The van der Waals surface area contributed by atoms with Gasteiger partial charge in [0.25, 0.3) is 5.91 Å². The normalized spacial score (nSPS) is 24.6. The van der Waals surface area contributed by atoms with Gasteiger partial charge in [0, 0.05) is 41.9 Å². The summed E-state index contributed by atoms with van der Waals surface area (Å²) < 4.78 is 35.4. The average Bonchev–Trinajstić information content (AvgIpc) is 3.38. The van der Waals surface area contributed by atoms with Crippen molar-refractivity contribution in [3.8, 4) is 10.4 Å². The lowest BCUT2D eigenvalue weighted by Gasteiger charge is -2.40. The van der Waals surface area contributed by atoms with Crippen LogP contribution >= 0.6 is 22.9 Å². The van der Waals surface area contributed by atoms with Crippen LogP contribution in [0.25, 0.3) is 16.0 Å². The zero-order chi connectivity index (χ0) is 26.8. The average molecular weight is 586 g/mol. The summed E-state index contributed by atoms with van der Waals surface area (Å²) in [6.45, 7) is 0. The van der Waals surface area contributed by atoms with E-state index in [2.05, 4.69) is 30.1 Å². The second kappa shape index (κ2) is 9.22. The molecule has 202 valence electrons. The monoisotopic (exact) mass is 585 g/mol. The number of anilines is 1. The minimum absolute atomic E-state index is 0.0268. The molecule has 3 aliphatic rings. The second-order valence-electron chi connectivity index (χ2n) is 10.3. The molecule has 3 fully saturated rings. The van der Waals surface area contributed by atoms with E-state index in [4.69, 9.17) is 16.3 Å². The molecular weight excluding hydrogens is 562 g/mol. The highest BCUT2D eigenvalue weighted by atomic mass is 35.5. The van der Waals surface area contributed by atoms with Crippen molar-refractivity contribution in [3.05, 3.63) is 58.8 Å². The third-order valence-electron chi connectivity index (χ3n) is 7.52. The molecule has 1 aliphatic carbocycles. The van der Waals surface area contributed by atoms with Crippen LogP contribution in [0.15, 0.2) is 43.1 Å². The molecular formula is C25H24ClN7O4S2. The summed E-state index contributed by atoms with van der Waals surface area (Å²) >= 11 is 7.46. The molecule has 4 aromatic rings. The maximum absolute atomic E-state index is 13.6. The van der Waals surface area contributed by atoms with E-state index in [1.165, 1.54) is 17.7 Å². The number of pyridine rings is 1. The largest absolute Gasteiger partial charge is 0.375 e. The highest BCUT2D eigenvalue weighted by Crippen LogP contribution is 2.44. The number of amides is 1. The molecule has 6 heterocycles. The number of sulfonamides is 1. The Kier molecular flexibility index (Phi) is 5.88. The molecule has 1 unspecified atom stereocenters. The lowest BCUT2D eigenvalue weighted by Crippen LogP contribution is -2.52. The Bertz CT molecular complexity index is 1690. The van der Waals surface area contributed by atoms with Gasteiger partial charge in [-0.05, 0) is 37.8 Å². The molecule has 2 N–H and O–H groups in total. The Balaban J connectivity index is 1.19. The van der Waals surface area contributed by atoms with Crippen LogP contribution in [-0.2, 0) is 20.3 Å². The fourth-order valence-corrected chi connectivity index (χ4v) is 7.83. The van der Waals surface area contributed by atoms with E-state index in [0.717, 1.165) is 28.8 Å². The van der Waals surface area contributed by atoms with E-state index < -0.39 is 15.6 Å². The number of carbonyl (C=O) groups excluding carboxylic acids is 1. The minimum Gasteiger partial charge on any atom is -0.375 e. The number of ether oxygens (including phenoxy) is 1. The van der Waals surface area contributed by atoms with Crippen LogP contribution in [0.1, 0.15) is 54.0 Å². The van der Waals surface area contributed by atoms with Gasteiger partial charge in [-0.3, -0.25) is 9.52 Å². The first kappa shape index (κ1) is 24.9. The van der Waals surface area contributed by atoms with Gasteiger partial charge in [-0.2, -0.15) is 5.10 Å². The summed E-state index contributed by atoms with van der Waals surface area (Å²) in [5, 5.41) is 8.09. The van der Waals surface area contributed by atoms with Crippen LogP contribution in [0.3, 0.4) is 0 Å². The van der Waals surface area contributed by atoms with Crippen LogP contribution < -0.4 is 10.0 Å². The lowest BCUT2D eigenvalue weighted by atomic mass is 9.82. The van der Waals surface area contributed by atoms with Crippen molar-refractivity contribution >= 4 is 50.2 Å². The summed E-state index contributed by atoms with van der Waals surface area (Å²) in [6.07, 6.45) is 10.6. The zero-order valence-corrected chi connectivity index (χ0v) is 23.0. The van der Waals surface area contributed by atoms with E-state index in [1.54, 1.807) is 35.2 Å². The summed E-state index contributed by atoms with van der Waals surface area (Å²) in [4.78, 5) is 27.5.